The highest BCUT2D eigenvalue weighted by Gasteiger charge is 2.53. The molecule has 0 aromatic heterocycles. The Morgan fingerprint density at radius 2 is 1.62 bits per heavy atom. The first-order chi connectivity index (χ1) is 13.7. The van der Waals surface area contributed by atoms with Crippen LogP contribution in [0, 0.1) is 23.2 Å². The second-order valence-electron chi connectivity index (χ2n) is 11.3. The van der Waals surface area contributed by atoms with Crippen molar-refractivity contribution >= 4 is 5.91 Å². The Morgan fingerprint density at radius 1 is 1.07 bits per heavy atom. The molecule has 1 atom stereocenters. The molecule has 4 saturated carbocycles. The lowest BCUT2D eigenvalue weighted by molar-refractivity contribution is -0.126. The van der Waals surface area contributed by atoms with E-state index < -0.39 is 0 Å². The van der Waals surface area contributed by atoms with E-state index in [1.54, 1.807) is 0 Å². The first-order valence-electron chi connectivity index (χ1n) is 11.8. The molecule has 4 bridgehead atoms. The van der Waals surface area contributed by atoms with Crippen molar-refractivity contribution in [3.05, 3.63) is 29.8 Å². The average Bonchev–Trinajstić information content (AvgIpc) is 2.64. The molecule has 3 nitrogen and oxygen atoms in total. The number of ether oxygens (including phenoxy) is 1. The maximum absolute atomic E-state index is 12.5. The van der Waals surface area contributed by atoms with Gasteiger partial charge in [0.25, 0.3) is 0 Å². The third kappa shape index (κ3) is 4.64. The molecule has 1 aromatic carbocycles. The molecule has 5 rings (SSSR count). The van der Waals surface area contributed by atoms with Crippen LogP contribution in [0.4, 0.5) is 0 Å². The zero-order valence-electron chi connectivity index (χ0n) is 18.8. The van der Waals surface area contributed by atoms with Crippen LogP contribution in [-0.4, -0.2) is 18.6 Å². The highest BCUT2D eigenvalue weighted by atomic mass is 16.5. The van der Waals surface area contributed by atoms with Gasteiger partial charge in [0.05, 0.1) is 6.61 Å². The second-order valence-corrected chi connectivity index (χ2v) is 11.3. The molecule has 3 heteroatoms. The monoisotopic (exact) mass is 397 g/mol. The molecule has 0 heterocycles. The van der Waals surface area contributed by atoms with Crippen molar-refractivity contribution in [3.8, 4) is 5.75 Å². The molecule has 0 radical (unpaired) electrons. The predicted octanol–water partition coefficient (Wildman–Crippen LogP) is 5.86. The van der Waals surface area contributed by atoms with Gasteiger partial charge < -0.3 is 10.1 Å². The van der Waals surface area contributed by atoms with Crippen LogP contribution in [0.5, 0.6) is 5.75 Å². The molecule has 0 aliphatic heterocycles. The highest BCUT2D eigenvalue weighted by molar-refractivity contribution is 5.76. The van der Waals surface area contributed by atoms with E-state index in [1.165, 1.54) is 44.1 Å². The lowest BCUT2D eigenvalue weighted by Gasteiger charge is -2.59. The molecule has 1 N–H and O–H groups in total. The van der Waals surface area contributed by atoms with Gasteiger partial charge in [0.1, 0.15) is 5.75 Å². The lowest BCUT2D eigenvalue weighted by atomic mass is 9.48. The Labute approximate surface area is 177 Å². The molecule has 0 unspecified atom stereocenters. The summed E-state index contributed by atoms with van der Waals surface area (Å²) in [5, 5.41) is 3.37. The van der Waals surface area contributed by atoms with Gasteiger partial charge in [0, 0.05) is 12.5 Å². The number of carbonyl (C=O) groups is 1. The highest BCUT2D eigenvalue weighted by Crippen LogP contribution is 2.61. The molecule has 0 saturated heterocycles. The smallest absolute Gasteiger partial charge is 0.220 e. The normalized spacial score (nSPS) is 31.5. The second kappa shape index (κ2) is 7.96. The van der Waals surface area contributed by atoms with Crippen LogP contribution in [-0.2, 0) is 10.2 Å². The van der Waals surface area contributed by atoms with E-state index in [0.29, 0.717) is 24.5 Å². The molecule has 4 fully saturated rings. The van der Waals surface area contributed by atoms with Gasteiger partial charge in [-0.1, -0.05) is 32.9 Å². The number of amides is 1. The Morgan fingerprint density at radius 3 is 2.14 bits per heavy atom. The summed E-state index contributed by atoms with van der Waals surface area (Å²) in [7, 11) is 0. The number of nitrogens with one attached hydrogen (secondary N) is 1. The van der Waals surface area contributed by atoms with Gasteiger partial charge in [-0.05, 0) is 98.1 Å². The number of hydrogen-bond acceptors (Lipinski definition) is 2. The number of carbonyl (C=O) groups excluding carboxylic acids is 1. The van der Waals surface area contributed by atoms with Crippen molar-refractivity contribution in [1.29, 1.82) is 0 Å². The molecule has 29 heavy (non-hydrogen) atoms. The number of benzene rings is 1. The van der Waals surface area contributed by atoms with Crippen LogP contribution in [0.25, 0.3) is 0 Å². The Kier molecular flexibility index (Phi) is 5.70. The van der Waals surface area contributed by atoms with Gasteiger partial charge in [-0.15, -0.1) is 0 Å². The minimum absolute atomic E-state index is 0.157. The van der Waals surface area contributed by atoms with Crippen molar-refractivity contribution in [1.82, 2.24) is 5.32 Å². The van der Waals surface area contributed by atoms with Gasteiger partial charge >= 0.3 is 0 Å². The summed E-state index contributed by atoms with van der Waals surface area (Å²) >= 11 is 0. The molecule has 160 valence electrons. The summed E-state index contributed by atoms with van der Waals surface area (Å²) in [5.74, 6) is 3.87. The molecule has 1 aromatic rings. The molecular formula is C26H39NO2. The summed E-state index contributed by atoms with van der Waals surface area (Å²) in [6, 6.07) is 8.66. The third-order valence-corrected chi connectivity index (χ3v) is 7.92. The van der Waals surface area contributed by atoms with Crippen molar-refractivity contribution < 1.29 is 9.53 Å². The van der Waals surface area contributed by atoms with E-state index >= 15 is 0 Å². The van der Waals surface area contributed by atoms with Crippen molar-refractivity contribution in [2.75, 3.05) is 6.61 Å². The first-order valence-corrected chi connectivity index (χ1v) is 11.8. The molecule has 0 spiro atoms. The van der Waals surface area contributed by atoms with E-state index in [1.807, 2.05) is 12.1 Å². The maximum Gasteiger partial charge on any atom is 0.220 e. The predicted molar refractivity (Wildman–Crippen MR) is 118 cm³/mol. The Balaban J connectivity index is 1.20. The third-order valence-electron chi connectivity index (χ3n) is 7.92. The lowest BCUT2D eigenvalue weighted by Crippen LogP contribution is -2.55. The molecular weight excluding hydrogens is 358 g/mol. The van der Waals surface area contributed by atoms with Gasteiger partial charge in [0.15, 0.2) is 0 Å². The van der Waals surface area contributed by atoms with E-state index in [-0.39, 0.29) is 11.3 Å². The number of rotatable bonds is 7. The largest absolute Gasteiger partial charge is 0.494 e. The minimum Gasteiger partial charge on any atom is -0.494 e. The van der Waals surface area contributed by atoms with Crippen LogP contribution in [0.1, 0.15) is 84.6 Å². The van der Waals surface area contributed by atoms with Crippen LogP contribution in [0.3, 0.4) is 0 Å². The average molecular weight is 398 g/mol. The summed E-state index contributed by atoms with van der Waals surface area (Å²) in [4.78, 5) is 12.5. The van der Waals surface area contributed by atoms with Crippen molar-refractivity contribution in [2.24, 2.45) is 23.2 Å². The summed E-state index contributed by atoms with van der Waals surface area (Å²) < 4.78 is 5.85. The summed E-state index contributed by atoms with van der Waals surface area (Å²) in [5.41, 5.74) is 1.85. The van der Waals surface area contributed by atoms with Gasteiger partial charge in [-0.3, -0.25) is 4.79 Å². The fourth-order valence-corrected chi connectivity index (χ4v) is 6.65. The van der Waals surface area contributed by atoms with Crippen molar-refractivity contribution in [2.45, 2.75) is 90.5 Å². The Hall–Kier alpha value is -1.51. The summed E-state index contributed by atoms with van der Waals surface area (Å²) in [6.45, 7) is 9.50. The SMILES string of the molecule is C[C@@H](NC(=O)CCCOc1ccc(C(C)(C)C)cc1)C12CC3CC(CC(C3)C1)C2. The molecule has 4 aliphatic rings. The van der Waals surface area contributed by atoms with E-state index in [4.69, 9.17) is 4.74 Å². The van der Waals surface area contributed by atoms with Gasteiger partial charge in [-0.2, -0.15) is 0 Å². The quantitative estimate of drug-likeness (QED) is 0.585. The van der Waals surface area contributed by atoms with E-state index in [0.717, 1.165) is 29.9 Å². The van der Waals surface area contributed by atoms with E-state index in [9.17, 15) is 4.79 Å². The zero-order chi connectivity index (χ0) is 20.6. The first kappa shape index (κ1) is 20.8. The minimum atomic E-state index is 0.157. The van der Waals surface area contributed by atoms with Crippen LogP contribution in [0.15, 0.2) is 24.3 Å². The topological polar surface area (TPSA) is 38.3 Å². The summed E-state index contributed by atoms with van der Waals surface area (Å²) in [6.07, 6.45) is 9.70. The van der Waals surface area contributed by atoms with Crippen LogP contribution >= 0.6 is 0 Å². The van der Waals surface area contributed by atoms with Crippen molar-refractivity contribution in [3.63, 3.8) is 0 Å². The van der Waals surface area contributed by atoms with Crippen LogP contribution in [0.2, 0.25) is 0 Å². The molecule has 1 amide bonds. The van der Waals surface area contributed by atoms with Crippen LogP contribution < -0.4 is 10.1 Å². The maximum atomic E-state index is 12.5. The standard InChI is InChI=1S/C26H39NO2/c1-18(26-15-19-12-20(16-26)14-21(13-19)17-26)27-24(28)6-5-11-29-23-9-7-22(8-10-23)25(2,3)4/h7-10,18-21H,5-6,11-17H2,1-4H3,(H,27,28)/t18-,19?,20?,21?,26?/m1/s1. The zero-order valence-corrected chi connectivity index (χ0v) is 18.8. The fraction of sp³-hybridized carbons (Fsp3) is 0.731. The fourth-order valence-electron chi connectivity index (χ4n) is 6.65. The van der Waals surface area contributed by atoms with Gasteiger partial charge in [0.2, 0.25) is 5.91 Å². The molecule has 4 aliphatic carbocycles. The number of hydrogen-bond donors (Lipinski definition) is 1. The Bertz CT molecular complexity index is 680. The van der Waals surface area contributed by atoms with E-state index in [2.05, 4.69) is 45.1 Å². The van der Waals surface area contributed by atoms with Gasteiger partial charge in [-0.25, -0.2) is 0 Å².